The number of halogens is 1. The molecule has 1 N–H and O–H groups in total. The minimum Gasteiger partial charge on any atom is -0.495 e. The van der Waals surface area contributed by atoms with Gasteiger partial charge >= 0.3 is 0 Å². The Balaban J connectivity index is 1.58. The Morgan fingerprint density at radius 1 is 1.18 bits per heavy atom. The van der Waals surface area contributed by atoms with Gasteiger partial charge in [-0.15, -0.1) is 11.3 Å². The normalized spacial score (nSPS) is 17.8. The van der Waals surface area contributed by atoms with E-state index in [4.69, 9.17) is 16.3 Å². The minimum absolute atomic E-state index is 0.240. The van der Waals surface area contributed by atoms with Crippen molar-refractivity contribution in [3.05, 3.63) is 82.3 Å². The number of benzene rings is 2. The van der Waals surface area contributed by atoms with Crippen LogP contribution in [0.4, 0.5) is 5.69 Å². The fourth-order valence-electron chi connectivity index (χ4n) is 4.36. The molecule has 168 valence electrons. The van der Waals surface area contributed by atoms with Crippen LogP contribution in [0.15, 0.2) is 66.0 Å². The van der Waals surface area contributed by atoms with Gasteiger partial charge in [-0.05, 0) is 48.2 Å². The average molecular weight is 480 g/mol. The molecule has 0 radical (unpaired) electrons. The van der Waals surface area contributed by atoms with Crippen molar-refractivity contribution >= 4 is 50.7 Å². The van der Waals surface area contributed by atoms with Crippen molar-refractivity contribution in [2.24, 2.45) is 0 Å². The van der Waals surface area contributed by atoms with Gasteiger partial charge in [0.05, 0.1) is 18.7 Å². The summed E-state index contributed by atoms with van der Waals surface area (Å²) in [6.07, 6.45) is 0. The van der Waals surface area contributed by atoms with E-state index in [2.05, 4.69) is 5.32 Å². The topological polar surface area (TPSA) is 63.6 Å². The molecule has 6 nitrogen and oxygen atoms in total. The van der Waals surface area contributed by atoms with E-state index in [0.29, 0.717) is 35.2 Å². The zero-order chi connectivity index (χ0) is 23.2. The molecule has 2 amide bonds. The van der Waals surface area contributed by atoms with Crippen molar-refractivity contribution in [3.63, 3.8) is 0 Å². The van der Waals surface area contributed by atoms with Crippen LogP contribution in [-0.2, 0) is 17.9 Å². The highest BCUT2D eigenvalue weighted by atomic mass is 35.5. The summed E-state index contributed by atoms with van der Waals surface area (Å²) < 4.78 is 7.22. The highest BCUT2D eigenvalue weighted by molar-refractivity contribution is 7.16. The SMILES string of the molecule is COc1ccc(N2C(=O)c3cc4ccsc4n3C[C@@]2(C)C(=O)NCc2ccccc2)cc1Cl. The number of amides is 2. The maximum atomic E-state index is 13.8. The van der Waals surface area contributed by atoms with Crippen molar-refractivity contribution in [2.75, 3.05) is 12.0 Å². The van der Waals surface area contributed by atoms with Crippen LogP contribution < -0.4 is 15.0 Å². The quantitative estimate of drug-likeness (QED) is 0.433. The summed E-state index contributed by atoms with van der Waals surface area (Å²) in [5.41, 5.74) is 0.904. The zero-order valence-corrected chi connectivity index (χ0v) is 19.7. The Hall–Kier alpha value is -3.29. The molecule has 0 spiro atoms. The van der Waals surface area contributed by atoms with E-state index in [0.717, 1.165) is 15.8 Å². The van der Waals surface area contributed by atoms with Gasteiger partial charge in [0, 0.05) is 17.6 Å². The Labute approximate surface area is 200 Å². The first-order chi connectivity index (χ1) is 15.9. The molecule has 2 aromatic heterocycles. The summed E-state index contributed by atoms with van der Waals surface area (Å²) in [7, 11) is 1.54. The third-order valence-corrected chi connectivity index (χ3v) is 7.31. The van der Waals surface area contributed by atoms with Gasteiger partial charge in [0.1, 0.15) is 21.8 Å². The third kappa shape index (κ3) is 3.57. The Morgan fingerprint density at radius 2 is 1.97 bits per heavy atom. The van der Waals surface area contributed by atoms with E-state index >= 15 is 0 Å². The lowest BCUT2D eigenvalue weighted by Gasteiger charge is -2.44. The molecule has 0 fully saturated rings. The molecule has 33 heavy (non-hydrogen) atoms. The van der Waals surface area contributed by atoms with Crippen LogP contribution in [0.5, 0.6) is 5.75 Å². The Kier molecular flexibility index (Phi) is 5.38. The van der Waals surface area contributed by atoms with Crippen molar-refractivity contribution in [2.45, 2.75) is 25.6 Å². The smallest absolute Gasteiger partial charge is 0.275 e. The minimum atomic E-state index is -1.17. The van der Waals surface area contributed by atoms with E-state index in [1.54, 1.807) is 41.4 Å². The van der Waals surface area contributed by atoms with Gasteiger partial charge in [0.15, 0.2) is 0 Å². The molecule has 0 aliphatic carbocycles. The fourth-order valence-corrected chi connectivity index (χ4v) is 5.51. The first kappa shape index (κ1) is 21.6. The second-order valence-electron chi connectivity index (χ2n) is 8.20. The molecule has 0 unspecified atom stereocenters. The zero-order valence-electron chi connectivity index (χ0n) is 18.2. The van der Waals surface area contributed by atoms with Crippen molar-refractivity contribution in [3.8, 4) is 5.75 Å². The number of hydrogen-bond acceptors (Lipinski definition) is 4. The lowest BCUT2D eigenvalue weighted by molar-refractivity contribution is -0.126. The van der Waals surface area contributed by atoms with Crippen molar-refractivity contribution in [1.29, 1.82) is 0 Å². The van der Waals surface area contributed by atoms with Crippen molar-refractivity contribution < 1.29 is 14.3 Å². The maximum Gasteiger partial charge on any atom is 0.275 e. The van der Waals surface area contributed by atoms with Crippen LogP contribution in [0.3, 0.4) is 0 Å². The molecule has 8 heteroatoms. The summed E-state index contributed by atoms with van der Waals surface area (Å²) in [5, 5.41) is 6.38. The second-order valence-corrected chi connectivity index (χ2v) is 9.50. The molecular weight excluding hydrogens is 458 g/mol. The van der Waals surface area contributed by atoms with E-state index < -0.39 is 5.54 Å². The first-order valence-electron chi connectivity index (χ1n) is 10.5. The van der Waals surface area contributed by atoms with E-state index in [1.165, 1.54) is 7.11 Å². The molecule has 5 rings (SSSR count). The number of thiophene rings is 1. The summed E-state index contributed by atoms with van der Waals surface area (Å²) in [6, 6.07) is 18.7. The second kappa shape index (κ2) is 8.24. The number of methoxy groups -OCH3 is 1. The molecule has 1 aliphatic rings. The molecular formula is C25H22ClN3O3S. The van der Waals surface area contributed by atoms with Crippen LogP contribution in [0.25, 0.3) is 10.2 Å². The number of aromatic nitrogens is 1. The van der Waals surface area contributed by atoms with Crippen LogP contribution in [0.1, 0.15) is 23.0 Å². The number of nitrogens with one attached hydrogen (secondary N) is 1. The summed E-state index contributed by atoms with van der Waals surface area (Å²) in [5.74, 6) is 0.0166. The summed E-state index contributed by atoms with van der Waals surface area (Å²) in [4.78, 5) is 30.0. The predicted molar refractivity (Wildman–Crippen MR) is 131 cm³/mol. The molecule has 1 aliphatic heterocycles. The number of ether oxygens (including phenoxy) is 1. The number of fused-ring (bicyclic) bond motifs is 3. The highest BCUT2D eigenvalue weighted by Crippen LogP contribution is 2.39. The van der Waals surface area contributed by atoms with Gasteiger partial charge in [-0.25, -0.2) is 0 Å². The maximum absolute atomic E-state index is 13.8. The monoisotopic (exact) mass is 479 g/mol. The van der Waals surface area contributed by atoms with E-state index in [1.807, 2.05) is 52.4 Å². The van der Waals surface area contributed by atoms with Crippen LogP contribution in [0.2, 0.25) is 5.02 Å². The number of nitrogens with zero attached hydrogens (tertiary/aromatic N) is 2. The van der Waals surface area contributed by atoms with Crippen LogP contribution >= 0.6 is 22.9 Å². The number of hydrogen-bond donors (Lipinski definition) is 1. The van der Waals surface area contributed by atoms with Gasteiger partial charge in [0.2, 0.25) is 5.91 Å². The standard InChI is InChI=1S/C25H22ClN3O3S/c1-25(24(31)27-14-16-6-4-3-5-7-16)15-28-20(12-17-10-11-33-23(17)28)22(30)29(25)18-8-9-21(32-2)19(26)13-18/h3-13H,14-15H2,1-2H3,(H,27,31)/t25-/m0/s1. The summed E-state index contributed by atoms with van der Waals surface area (Å²) in [6.45, 7) is 2.49. The molecule has 0 bridgehead atoms. The highest BCUT2D eigenvalue weighted by Gasteiger charge is 2.48. The van der Waals surface area contributed by atoms with Crippen molar-refractivity contribution in [1.82, 2.24) is 9.88 Å². The average Bonchev–Trinajstić information content (AvgIpc) is 3.41. The van der Waals surface area contributed by atoms with Gasteiger partial charge in [0.25, 0.3) is 5.91 Å². The lowest BCUT2D eigenvalue weighted by Crippen LogP contribution is -2.64. The fraction of sp³-hybridized carbons (Fsp3) is 0.200. The van der Waals surface area contributed by atoms with Crippen LogP contribution in [-0.4, -0.2) is 29.0 Å². The van der Waals surface area contributed by atoms with E-state index in [-0.39, 0.29) is 11.8 Å². The van der Waals surface area contributed by atoms with Gasteiger partial charge < -0.3 is 14.6 Å². The molecule has 2 aromatic carbocycles. The molecule has 3 heterocycles. The molecule has 0 saturated heterocycles. The largest absolute Gasteiger partial charge is 0.495 e. The van der Waals surface area contributed by atoms with Gasteiger partial charge in [-0.3, -0.25) is 14.5 Å². The van der Waals surface area contributed by atoms with Crippen LogP contribution in [0, 0.1) is 0 Å². The molecule has 4 aromatic rings. The first-order valence-corrected chi connectivity index (χ1v) is 11.8. The summed E-state index contributed by atoms with van der Waals surface area (Å²) >= 11 is 7.95. The molecule has 0 saturated carbocycles. The Bertz CT molecular complexity index is 1360. The number of rotatable bonds is 5. The molecule has 1 atom stereocenters. The number of carbonyl (C=O) groups is 2. The van der Waals surface area contributed by atoms with Gasteiger partial charge in [-0.1, -0.05) is 41.9 Å². The Morgan fingerprint density at radius 3 is 2.70 bits per heavy atom. The number of anilines is 1. The predicted octanol–water partition coefficient (Wildman–Crippen LogP) is 5.10. The van der Waals surface area contributed by atoms with Gasteiger partial charge in [-0.2, -0.15) is 0 Å². The number of carbonyl (C=O) groups excluding carboxylic acids is 2. The van der Waals surface area contributed by atoms with E-state index in [9.17, 15) is 9.59 Å². The third-order valence-electron chi connectivity index (χ3n) is 6.06. The lowest BCUT2D eigenvalue weighted by atomic mass is 9.93.